The van der Waals surface area contributed by atoms with E-state index in [0.717, 1.165) is 15.4 Å². The maximum atomic E-state index is 11.9. The molecule has 2 nitrogen and oxygen atoms in total. The molecule has 1 rings (SSSR count). The molecule has 5 heteroatoms. The number of aryl methyl sites for hydroxylation is 1. The standard InChI is InChI=1S/C10H9F2IO2/c11-10(12)15-8-4-3-7(2-1-5-14)9(13)6-8/h3-6,10H,1-2H2. The predicted molar refractivity (Wildman–Crippen MR) is 60.2 cm³/mol. The van der Waals surface area contributed by atoms with Crippen LogP contribution in [0.1, 0.15) is 12.0 Å². The molecule has 0 fully saturated rings. The number of halogens is 3. The summed E-state index contributed by atoms with van der Waals surface area (Å²) < 4.78 is 28.8. The van der Waals surface area contributed by atoms with E-state index in [1.807, 2.05) is 22.6 Å². The molecule has 0 bridgehead atoms. The zero-order valence-corrected chi connectivity index (χ0v) is 9.91. The Morgan fingerprint density at radius 2 is 2.20 bits per heavy atom. The Balaban J connectivity index is 2.73. The molecule has 0 spiro atoms. The fraction of sp³-hybridized carbons (Fsp3) is 0.300. The monoisotopic (exact) mass is 326 g/mol. The van der Waals surface area contributed by atoms with Crippen molar-refractivity contribution in [1.29, 1.82) is 0 Å². The van der Waals surface area contributed by atoms with Crippen molar-refractivity contribution < 1.29 is 18.3 Å². The average Bonchev–Trinajstić information content (AvgIpc) is 2.15. The molecule has 0 aliphatic heterocycles. The first kappa shape index (κ1) is 12.4. The van der Waals surface area contributed by atoms with Gasteiger partial charge >= 0.3 is 6.61 Å². The van der Waals surface area contributed by atoms with Crippen molar-refractivity contribution >= 4 is 28.9 Å². The van der Waals surface area contributed by atoms with Gasteiger partial charge in [0.1, 0.15) is 12.0 Å². The molecule has 1 aromatic rings. The second-order valence-corrected chi connectivity index (χ2v) is 4.00. The van der Waals surface area contributed by atoms with Crippen molar-refractivity contribution in [2.24, 2.45) is 0 Å². The Hall–Kier alpha value is -0.720. The van der Waals surface area contributed by atoms with E-state index >= 15 is 0 Å². The molecule has 0 aliphatic rings. The van der Waals surface area contributed by atoms with Crippen molar-refractivity contribution in [3.63, 3.8) is 0 Å². The third-order valence-corrected chi connectivity index (χ3v) is 2.79. The fourth-order valence-electron chi connectivity index (χ4n) is 1.12. The van der Waals surface area contributed by atoms with Crippen LogP contribution < -0.4 is 4.74 Å². The van der Waals surface area contributed by atoms with Crippen LogP contribution in [-0.2, 0) is 11.2 Å². The van der Waals surface area contributed by atoms with Crippen molar-refractivity contribution in [2.75, 3.05) is 0 Å². The molecule has 0 atom stereocenters. The van der Waals surface area contributed by atoms with E-state index in [1.54, 1.807) is 6.07 Å². The van der Waals surface area contributed by atoms with E-state index in [2.05, 4.69) is 4.74 Å². The van der Waals surface area contributed by atoms with Crippen LogP contribution in [0.4, 0.5) is 8.78 Å². The highest BCUT2D eigenvalue weighted by molar-refractivity contribution is 14.1. The van der Waals surface area contributed by atoms with Crippen LogP contribution in [0.5, 0.6) is 5.75 Å². The summed E-state index contributed by atoms with van der Waals surface area (Å²) in [5, 5.41) is 0. The number of carbonyl (C=O) groups is 1. The van der Waals surface area contributed by atoms with E-state index in [9.17, 15) is 13.6 Å². The lowest BCUT2D eigenvalue weighted by Gasteiger charge is -2.07. The number of hydrogen-bond acceptors (Lipinski definition) is 2. The number of rotatable bonds is 5. The Labute approximate surface area is 99.8 Å². The van der Waals surface area contributed by atoms with E-state index in [1.165, 1.54) is 12.1 Å². The Bertz CT molecular complexity index is 342. The third-order valence-electron chi connectivity index (χ3n) is 1.78. The number of aldehydes is 1. The van der Waals surface area contributed by atoms with Gasteiger partial charge in [0.2, 0.25) is 0 Å². The zero-order valence-electron chi connectivity index (χ0n) is 7.75. The van der Waals surface area contributed by atoms with Gasteiger partial charge in [0, 0.05) is 9.99 Å². The lowest BCUT2D eigenvalue weighted by molar-refractivity contribution is -0.107. The molecule has 1 aromatic carbocycles. The first-order valence-electron chi connectivity index (χ1n) is 4.30. The SMILES string of the molecule is O=CCCc1ccc(OC(F)F)cc1I. The van der Waals surface area contributed by atoms with Gasteiger partial charge in [0.25, 0.3) is 0 Å². The first-order chi connectivity index (χ1) is 7.13. The number of ether oxygens (including phenoxy) is 1. The molecule has 0 unspecified atom stereocenters. The summed E-state index contributed by atoms with van der Waals surface area (Å²) in [5.74, 6) is 0.143. The summed E-state index contributed by atoms with van der Waals surface area (Å²) in [5.41, 5.74) is 0.962. The highest BCUT2D eigenvalue weighted by atomic mass is 127. The van der Waals surface area contributed by atoms with Crippen LogP contribution in [0, 0.1) is 3.57 Å². The van der Waals surface area contributed by atoms with Gasteiger partial charge in [-0.1, -0.05) is 6.07 Å². The summed E-state index contributed by atoms with van der Waals surface area (Å²) in [4.78, 5) is 10.2. The van der Waals surface area contributed by atoms with Crippen molar-refractivity contribution in [3.05, 3.63) is 27.3 Å². The van der Waals surface area contributed by atoms with Gasteiger partial charge in [-0.05, 0) is 46.7 Å². The lowest BCUT2D eigenvalue weighted by atomic mass is 10.1. The summed E-state index contributed by atoms with van der Waals surface area (Å²) in [7, 11) is 0. The normalized spacial score (nSPS) is 10.4. The van der Waals surface area contributed by atoms with Gasteiger partial charge in [-0.2, -0.15) is 8.78 Å². The quantitative estimate of drug-likeness (QED) is 0.614. The van der Waals surface area contributed by atoms with E-state index in [0.29, 0.717) is 12.8 Å². The van der Waals surface area contributed by atoms with Crippen molar-refractivity contribution in [2.45, 2.75) is 19.5 Å². The molecule has 0 aromatic heterocycles. The highest BCUT2D eigenvalue weighted by Gasteiger charge is 2.06. The van der Waals surface area contributed by atoms with Gasteiger partial charge in [-0.25, -0.2) is 0 Å². The largest absolute Gasteiger partial charge is 0.435 e. The van der Waals surface area contributed by atoms with Gasteiger partial charge in [-0.3, -0.25) is 0 Å². The second kappa shape index (κ2) is 5.99. The number of carbonyl (C=O) groups excluding carboxylic acids is 1. The molecule has 0 N–H and O–H groups in total. The Morgan fingerprint density at radius 3 is 2.73 bits per heavy atom. The van der Waals surface area contributed by atoms with Crippen LogP contribution >= 0.6 is 22.6 Å². The third kappa shape index (κ3) is 4.11. The van der Waals surface area contributed by atoms with Gasteiger partial charge in [-0.15, -0.1) is 0 Å². The van der Waals surface area contributed by atoms with Crippen LogP contribution in [0.3, 0.4) is 0 Å². The van der Waals surface area contributed by atoms with Gasteiger partial charge < -0.3 is 9.53 Å². The lowest BCUT2D eigenvalue weighted by Crippen LogP contribution is -2.02. The molecule has 82 valence electrons. The smallest absolute Gasteiger partial charge is 0.387 e. The van der Waals surface area contributed by atoms with Crippen molar-refractivity contribution in [1.82, 2.24) is 0 Å². The minimum Gasteiger partial charge on any atom is -0.435 e. The van der Waals surface area contributed by atoms with Crippen LogP contribution in [0.15, 0.2) is 18.2 Å². The van der Waals surface area contributed by atoms with Crippen LogP contribution in [0.25, 0.3) is 0 Å². The molecule has 0 saturated heterocycles. The summed E-state index contributed by atoms with van der Waals surface area (Å²) in [6, 6.07) is 4.71. The maximum absolute atomic E-state index is 11.9. The molecule has 15 heavy (non-hydrogen) atoms. The number of alkyl halides is 2. The van der Waals surface area contributed by atoms with Crippen LogP contribution in [-0.4, -0.2) is 12.9 Å². The molecule has 0 saturated carbocycles. The van der Waals surface area contributed by atoms with Gasteiger partial charge in [0.15, 0.2) is 0 Å². The molecular formula is C10H9F2IO2. The van der Waals surface area contributed by atoms with E-state index in [-0.39, 0.29) is 5.75 Å². The van der Waals surface area contributed by atoms with Crippen LogP contribution in [0.2, 0.25) is 0 Å². The molecule has 0 heterocycles. The molecular weight excluding hydrogens is 317 g/mol. The van der Waals surface area contributed by atoms with Gasteiger partial charge in [0.05, 0.1) is 0 Å². The highest BCUT2D eigenvalue weighted by Crippen LogP contribution is 2.22. The average molecular weight is 326 g/mol. The second-order valence-electron chi connectivity index (χ2n) is 2.84. The number of benzene rings is 1. The predicted octanol–water partition coefficient (Wildman–Crippen LogP) is 3.02. The summed E-state index contributed by atoms with van der Waals surface area (Å²) in [6.07, 6.45) is 1.89. The minimum atomic E-state index is -2.80. The zero-order chi connectivity index (χ0) is 11.3. The molecule has 0 amide bonds. The summed E-state index contributed by atoms with van der Waals surface area (Å²) >= 11 is 2.03. The minimum absolute atomic E-state index is 0.143. The fourth-order valence-corrected chi connectivity index (χ4v) is 1.88. The van der Waals surface area contributed by atoms with Crippen molar-refractivity contribution in [3.8, 4) is 5.75 Å². The van der Waals surface area contributed by atoms with E-state index < -0.39 is 6.61 Å². The Kier molecular flexibility index (Phi) is 4.93. The summed E-state index contributed by atoms with van der Waals surface area (Å²) in [6.45, 7) is -2.80. The molecule has 0 aliphatic carbocycles. The number of hydrogen-bond donors (Lipinski definition) is 0. The molecule has 0 radical (unpaired) electrons. The van der Waals surface area contributed by atoms with E-state index in [4.69, 9.17) is 0 Å². The topological polar surface area (TPSA) is 26.3 Å². The first-order valence-corrected chi connectivity index (χ1v) is 5.38. The Morgan fingerprint density at radius 1 is 1.47 bits per heavy atom. The maximum Gasteiger partial charge on any atom is 0.387 e.